The topological polar surface area (TPSA) is 139 Å². The molecule has 3 amide bonds. The summed E-state index contributed by atoms with van der Waals surface area (Å²) in [5, 5.41) is 16.9. The molecular formula is C49H44Cl2N4O7. The first-order valence-electron chi connectivity index (χ1n) is 20.2. The highest BCUT2D eigenvalue weighted by atomic mass is 35.5. The van der Waals surface area contributed by atoms with Gasteiger partial charge in [0.05, 0.1) is 10.0 Å². The fourth-order valence-electron chi connectivity index (χ4n) is 7.65. The van der Waals surface area contributed by atoms with Gasteiger partial charge in [0.25, 0.3) is 0 Å². The number of carboxylic acids is 1. The van der Waals surface area contributed by atoms with E-state index in [1.165, 1.54) is 4.90 Å². The lowest BCUT2D eigenvalue weighted by atomic mass is 9.92. The van der Waals surface area contributed by atoms with E-state index in [0.29, 0.717) is 39.6 Å². The van der Waals surface area contributed by atoms with Crippen LogP contribution in [-0.2, 0) is 35.6 Å². The van der Waals surface area contributed by atoms with E-state index in [1.807, 2.05) is 106 Å². The summed E-state index contributed by atoms with van der Waals surface area (Å²) in [6.45, 7) is 6.55. The summed E-state index contributed by atoms with van der Waals surface area (Å²) >= 11 is 12.2. The van der Waals surface area contributed by atoms with Gasteiger partial charge in [-0.2, -0.15) is 0 Å². The van der Waals surface area contributed by atoms with Crippen molar-refractivity contribution in [2.45, 2.75) is 65.0 Å². The second-order valence-electron chi connectivity index (χ2n) is 15.6. The summed E-state index contributed by atoms with van der Waals surface area (Å²) in [4.78, 5) is 46.7. The first-order chi connectivity index (χ1) is 29.9. The molecule has 0 saturated heterocycles. The van der Waals surface area contributed by atoms with Crippen LogP contribution in [-0.4, -0.2) is 51.6 Å². The van der Waals surface area contributed by atoms with Crippen LogP contribution in [0.4, 0.5) is 10.5 Å². The summed E-state index contributed by atoms with van der Waals surface area (Å²) in [5.41, 5.74) is 9.68. The molecule has 0 saturated carbocycles. The summed E-state index contributed by atoms with van der Waals surface area (Å²) in [5.74, 6) is -0.0743. The molecule has 0 radical (unpaired) electrons. The molecule has 0 bridgehead atoms. The van der Waals surface area contributed by atoms with Crippen LogP contribution in [0.5, 0.6) is 17.2 Å². The van der Waals surface area contributed by atoms with Gasteiger partial charge in [-0.15, -0.1) is 0 Å². The number of amides is 3. The largest absolute Gasteiger partial charge is 0.489 e. The third-order valence-electron chi connectivity index (χ3n) is 11.3. The maximum Gasteiger partial charge on any atom is 0.326 e. The van der Waals surface area contributed by atoms with Crippen LogP contribution < -0.4 is 24.8 Å². The summed E-state index contributed by atoms with van der Waals surface area (Å²) in [6, 6.07) is 30.8. The van der Waals surface area contributed by atoms with Gasteiger partial charge in [-0.3, -0.25) is 9.78 Å². The number of aryl methyl sites for hydroxylation is 2. The van der Waals surface area contributed by atoms with E-state index < -0.39 is 36.1 Å². The van der Waals surface area contributed by atoms with Crippen molar-refractivity contribution < 1.29 is 33.7 Å². The van der Waals surface area contributed by atoms with Gasteiger partial charge in [-0.05, 0) is 120 Å². The molecule has 316 valence electrons. The van der Waals surface area contributed by atoms with Crippen molar-refractivity contribution in [3.8, 4) is 28.4 Å². The van der Waals surface area contributed by atoms with Crippen LogP contribution in [0.15, 0.2) is 115 Å². The number of hydrogen-bond donors (Lipinski definition) is 3. The summed E-state index contributed by atoms with van der Waals surface area (Å²) < 4.78 is 18.7. The minimum absolute atomic E-state index is 0.0446. The molecule has 0 fully saturated rings. The van der Waals surface area contributed by atoms with Crippen LogP contribution in [0.3, 0.4) is 0 Å². The Balaban J connectivity index is 0.984. The van der Waals surface area contributed by atoms with Crippen molar-refractivity contribution in [1.82, 2.24) is 15.2 Å². The number of halogens is 2. The molecule has 62 heavy (non-hydrogen) atoms. The smallest absolute Gasteiger partial charge is 0.326 e. The molecule has 0 aliphatic carbocycles. The monoisotopic (exact) mass is 870 g/mol. The number of rotatable bonds is 11. The van der Waals surface area contributed by atoms with Gasteiger partial charge in [-0.1, -0.05) is 83.4 Å². The number of urea groups is 1. The van der Waals surface area contributed by atoms with E-state index in [-0.39, 0.29) is 26.0 Å². The minimum Gasteiger partial charge on any atom is -0.489 e. The second kappa shape index (κ2) is 18.2. The number of aromatic nitrogens is 1. The Morgan fingerprint density at radius 2 is 1.58 bits per heavy atom. The Bertz CT molecular complexity index is 2640. The number of hydrogen-bond acceptors (Lipinski definition) is 7. The Labute approximate surface area is 369 Å². The number of fused-ring (bicyclic) bond motifs is 2. The van der Waals surface area contributed by atoms with Crippen LogP contribution in [0, 0.1) is 20.8 Å². The van der Waals surface area contributed by atoms with E-state index in [0.717, 1.165) is 55.8 Å². The Hall–Kier alpha value is -6.56. The van der Waals surface area contributed by atoms with E-state index in [4.69, 9.17) is 37.4 Å². The molecule has 11 nitrogen and oxygen atoms in total. The van der Waals surface area contributed by atoms with Crippen LogP contribution >= 0.6 is 23.2 Å². The fourth-order valence-corrected chi connectivity index (χ4v) is 7.97. The number of ether oxygens (including phenoxy) is 3. The number of carbonyl (C=O) groups excluding carboxylic acids is 2. The highest BCUT2D eigenvalue weighted by molar-refractivity contribution is 6.42. The lowest BCUT2D eigenvalue weighted by Crippen LogP contribution is -2.56. The summed E-state index contributed by atoms with van der Waals surface area (Å²) in [6.07, 6.45) is 1.52. The van der Waals surface area contributed by atoms with Gasteiger partial charge < -0.3 is 34.9 Å². The summed E-state index contributed by atoms with van der Waals surface area (Å²) in [7, 11) is 0. The molecule has 0 spiro atoms. The van der Waals surface area contributed by atoms with E-state index >= 15 is 0 Å². The molecule has 5 aromatic carbocycles. The first kappa shape index (κ1) is 42.1. The highest BCUT2D eigenvalue weighted by Crippen LogP contribution is 2.41. The molecule has 8 rings (SSSR count). The van der Waals surface area contributed by atoms with Crippen molar-refractivity contribution in [1.29, 1.82) is 0 Å². The van der Waals surface area contributed by atoms with Gasteiger partial charge in [0, 0.05) is 37.0 Å². The Morgan fingerprint density at radius 1 is 0.855 bits per heavy atom. The quantitative estimate of drug-likeness (QED) is 0.117. The van der Waals surface area contributed by atoms with Crippen molar-refractivity contribution in [2.24, 2.45) is 0 Å². The number of pyridine rings is 1. The van der Waals surface area contributed by atoms with Crippen LogP contribution in [0.1, 0.15) is 50.7 Å². The number of nitrogens with zero attached hydrogens (tertiary/aromatic N) is 2. The van der Waals surface area contributed by atoms with E-state index in [9.17, 15) is 19.5 Å². The lowest BCUT2D eigenvalue weighted by molar-refractivity contribution is -0.142. The average Bonchev–Trinajstić information content (AvgIpc) is 3.27. The molecule has 13 heteroatoms. The molecular weight excluding hydrogens is 827 g/mol. The maximum atomic E-state index is 14.2. The van der Waals surface area contributed by atoms with Gasteiger partial charge in [-0.25, -0.2) is 9.59 Å². The molecule has 1 aromatic heterocycles. The number of carbonyl (C=O) groups is 3. The Kier molecular flexibility index (Phi) is 12.4. The average molecular weight is 872 g/mol. The molecule has 3 heterocycles. The molecule has 6 aromatic rings. The third-order valence-corrected chi connectivity index (χ3v) is 12.1. The number of benzene rings is 5. The zero-order chi connectivity index (χ0) is 43.5. The van der Waals surface area contributed by atoms with Gasteiger partial charge >= 0.3 is 12.0 Å². The van der Waals surface area contributed by atoms with Gasteiger partial charge in [0.1, 0.15) is 31.0 Å². The normalized spacial score (nSPS) is 15.9. The first-order valence-corrected chi connectivity index (χ1v) is 20.9. The molecule has 3 atom stereocenters. The number of carboxylic acid groups (broad SMARTS) is 1. The molecule has 2 aliphatic rings. The standard InChI is InChI=1S/C49H44Cl2N4O7/c1-28-4-13-37(14-5-28)53-49(59)55-25-36-24-45-44(61-27-46(62-45)34-11-15-38(16-12-34)60-26-32-8-17-40(50)41(51)20-32)23-35(36)22-43(55)47(56)54-42(48(57)58)21-31-6-9-33(10-7-31)39-18-19-52-30(3)29(39)2/h4-20,23-24,42-43,46H,21-22,25-27H2,1-3H3,(H,53,59)(H,54,56)(H,57,58)/t42?,43-,46+/m0/s1. The predicted molar refractivity (Wildman–Crippen MR) is 238 cm³/mol. The number of nitrogens with one attached hydrogen (secondary N) is 2. The highest BCUT2D eigenvalue weighted by Gasteiger charge is 2.38. The zero-order valence-electron chi connectivity index (χ0n) is 34.3. The fraction of sp³-hybridized carbons (Fsp3) is 0.224. The predicted octanol–water partition coefficient (Wildman–Crippen LogP) is 9.84. The van der Waals surface area contributed by atoms with Crippen LogP contribution in [0.25, 0.3) is 11.1 Å². The zero-order valence-corrected chi connectivity index (χ0v) is 35.8. The van der Waals surface area contributed by atoms with Gasteiger partial charge in [0.15, 0.2) is 17.6 Å². The molecule has 2 aliphatic heterocycles. The molecule has 1 unspecified atom stereocenters. The van der Waals surface area contributed by atoms with Crippen molar-refractivity contribution >= 4 is 46.8 Å². The minimum atomic E-state index is -1.25. The van der Waals surface area contributed by atoms with Gasteiger partial charge in [0.2, 0.25) is 5.91 Å². The number of anilines is 1. The lowest BCUT2D eigenvalue weighted by Gasteiger charge is -2.37. The second-order valence-corrected chi connectivity index (χ2v) is 16.4. The van der Waals surface area contributed by atoms with Crippen molar-refractivity contribution in [3.63, 3.8) is 0 Å². The van der Waals surface area contributed by atoms with Crippen molar-refractivity contribution in [3.05, 3.63) is 170 Å². The van der Waals surface area contributed by atoms with E-state index in [2.05, 4.69) is 15.6 Å². The Morgan fingerprint density at radius 3 is 2.31 bits per heavy atom. The third kappa shape index (κ3) is 9.49. The van der Waals surface area contributed by atoms with Crippen LogP contribution in [0.2, 0.25) is 10.0 Å². The number of aliphatic carboxylic acids is 1. The maximum absolute atomic E-state index is 14.2. The van der Waals surface area contributed by atoms with E-state index in [1.54, 1.807) is 30.5 Å². The SMILES string of the molecule is Cc1ccc(NC(=O)N2Cc3cc4c(cc3C[C@H]2C(=O)NC(Cc2ccc(-c3ccnc(C)c3C)cc2)C(=O)O)OC[C@H](c2ccc(OCc3ccc(Cl)c(Cl)c3)cc2)O4)cc1. The van der Waals surface area contributed by atoms with Crippen molar-refractivity contribution in [2.75, 3.05) is 11.9 Å². The molecule has 3 N–H and O–H groups in total.